The molecule has 0 saturated carbocycles. The molecule has 2 aromatic heterocycles. The number of aromatic amines is 1. The lowest BCUT2D eigenvalue weighted by Gasteiger charge is -2.10. The first-order valence-corrected chi connectivity index (χ1v) is 7.23. The number of benzene rings is 1. The van der Waals surface area contributed by atoms with Crippen molar-refractivity contribution in [1.82, 2.24) is 19.8 Å². The summed E-state index contributed by atoms with van der Waals surface area (Å²) in [5.41, 5.74) is 2.74. The number of amides is 2. The van der Waals surface area contributed by atoms with Crippen molar-refractivity contribution in [1.29, 1.82) is 0 Å². The van der Waals surface area contributed by atoms with Crippen LogP contribution in [0.4, 0.5) is 0 Å². The number of pyridine rings is 1. The summed E-state index contributed by atoms with van der Waals surface area (Å²) in [5.74, 6) is -0.207. The van der Waals surface area contributed by atoms with Gasteiger partial charge in [0, 0.05) is 50.0 Å². The molecular formula is C17H18N4O2. The molecule has 118 valence electrons. The zero-order valence-electron chi connectivity index (χ0n) is 13.5. The van der Waals surface area contributed by atoms with Gasteiger partial charge in [0.1, 0.15) is 5.69 Å². The normalized spacial score (nSPS) is 11.0. The van der Waals surface area contributed by atoms with Crippen molar-refractivity contribution in [3.63, 3.8) is 0 Å². The second-order valence-electron chi connectivity index (χ2n) is 5.90. The second-order valence-corrected chi connectivity index (χ2v) is 5.90. The zero-order valence-corrected chi connectivity index (χ0v) is 13.5. The summed E-state index contributed by atoms with van der Waals surface area (Å²) in [6.07, 6.45) is 1.65. The van der Waals surface area contributed by atoms with E-state index in [0.717, 1.165) is 21.8 Å². The van der Waals surface area contributed by atoms with Gasteiger partial charge in [-0.1, -0.05) is 0 Å². The fourth-order valence-electron chi connectivity index (χ4n) is 2.54. The van der Waals surface area contributed by atoms with Crippen LogP contribution < -0.4 is 0 Å². The van der Waals surface area contributed by atoms with Crippen LogP contribution in [0.3, 0.4) is 0 Å². The summed E-state index contributed by atoms with van der Waals surface area (Å²) >= 11 is 0. The van der Waals surface area contributed by atoms with Crippen LogP contribution >= 0.6 is 0 Å². The molecule has 0 aliphatic carbocycles. The van der Waals surface area contributed by atoms with Gasteiger partial charge in [0.2, 0.25) is 0 Å². The van der Waals surface area contributed by atoms with E-state index in [1.807, 2.05) is 12.1 Å². The van der Waals surface area contributed by atoms with E-state index in [1.165, 1.54) is 4.90 Å². The van der Waals surface area contributed by atoms with Crippen molar-refractivity contribution in [3.05, 3.63) is 41.7 Å². The van der Waals surface area contributed by atoms with E-state index in [0.29, 0.717) is 11.3 Å². The summed E-state index contributed by atoms with van der Waals surface area (Å²) in [5, 5.41) is 1.79. The van der Waals surface area contributed by atoms with Gasteiger partial charge in [-0.15, -0.1) is 0 Å². The van der Waals surface area contributed by atoms with E-state index in [2.05, 4.69) is 9.97 Å². The first kappa shape index (κ1) is 15.0. The van der Waals surface area contributed by atoms with Gasteiger partial charge in [-0.3, -0.25) is 9.59 Å². The van der Waals surface area contributed by atoms with Crippen LogP contribution in [0.15, 0.2) is 30.5 Å². The number of rotatable bonds is 2. The average Bonchev–Trinajstić information content (AvgIpc) is 2.90. The number of hydrogen-bond donors (Lipinski definition) is 1. The van der Waals surface area contributed by atoms with Crippen molar-refractivity contribution in [2.75, 3.05) is 28.2 Å². The minimum absolute atomic E-state index is 0.0557. The molecule has 3 aromatic rings. The van der Waals surface area contributed by atoms with Crippen LogP contribution in [-0.4, -0.2) is 59.8 Å². The van der Waals surface area contributed by atoms with Gasteiger partial charge >= 0.3 is 0 Å². The van der Waals surface area contributed by atoms with Crippen molar-refractivity contribution in [2.45, 2.75) is 0 Å². The van der Waals surface area contributed by atoms with Crippen LogP contribution in [-0.2, 0) is 0 Å². The zero-order chi connectivity index (χ0) is 16.7. The van der Waals surface area contributed by atoms with Crippen molar-refractivity contribution >= 4 is 33.6 Å². The number of H-pyrrole nitrogens is 1. The molecule has 3 rings (SSSR count). The fraction of sp³-hybridized carbons (Fsp3) is 0.235. The minimum atomic E-state index is -0.151. The maximum atomic E-state index is 12.2. The van der Waals surface area contributed by atoms with Gasteiger partial charge in [0.25, 0.3) is 11.8 Å². The predicted molar refractivity (Wildman–Crippen MR) is 89.6 cm³/mol. The molecule has 0 atom stereocenters. The maximum absolute atomic E-state index is 12.2. The molecule has 2 amide bonds. The fourth-order valence-corrected chi connectivity index (χ4v) is 2.54. The Hall–Kier alpha value is -2.89. The molecule has 23 heavy (non-hydrogen) atoms. The third-order valence-corrected chi connectivity index (χ3v) is 3.76. The Kier molecular flexibility index (Phi) is 3.52. The van der Waals surface area contributed by atoms with Crippen LogP contribution in [0, 0.1) is 0 Å². The summed E-state index contributed by atoms with van der Waals surface area (Å²) < 4.78 is 0. The highest BCUT2D eigenvalue weighted by Crippen LogP contribution is 2.27. The largest absolute Gasteiger partial charge is 0.353 e. The Bertz CT molecular complexity index is 851. The van der Waals surface area contributed by atoms with Crippen LogP contribution in [0.2, 0.25) is 0 Å². The average molecular weight is 310 g/mol. The topological polar surface area (TPSA) is 69.3 Å². The number of hydrogen-bond acceptors (Lipinski definition) is 3. The summed E-state index contributed by atoms with van der Waals surface area (Å²) in [7, 11) is 6.83. The molecule has 1 N–H and O–H groups in total. The lowest BCUT2D eigenvalue weighted by atomic mass is 10.1. The molecular weight excluding hydrogens is 292 g/mol. The van der Waals surface area contributed by atoms with E-state index in [4.69, 9.17) is 0 Å². The smallest absolute Gasteiger partial charge is 0.271 e. The Morgan fingerprint density at radius 1 is 0.913 bits per heavy atom. The van der Waals surface area contributed by atoms with Crippen molar-refractivity contribution < 1.29 is 9.59 Å². The highest BCUT2D eigenvalue weighted by atomic mass is 16.2. The van der Waals surface area contributed by atoms with Gasteiger partial charge in [-0.05, 0) is 24.3 Å². The molecule has 0 aliphatic heterocycles. The first-order chi connectivity index (χ1) is 10.9. The molecule has 0 spiro atoms. The second kappa shape index (κ2) is 5.39. The summed E-state index contributed by atoms with van der Waals surface area (Å²) in [6.45, 7) is 0. The highest BCUT2D eigenvalue weighted by molar-refractivity contribution is 6.11. The maximum Gasteiger partial charge on any atom is 0.271 e. The Morgan fingerprint density at radius 2 is 1.57 bits per heavy atom. The van der Waals surface area contributed by atoms with Gasteiger partial charge in [-0.25, -0.2) is 4.98 Å². The van der Waals surface area contributed by atoms with Gasteiger partial charge < -0.3 is 14.8 Å². The third kappa shape index (κ3) is 2.52. The monoisotopic (exact) mass is 310 g/mol. The SMILES string of the molecule is CN(C)C(=O)c1ccc2[nH]c3cnc(C(=O)N(C)C)cc3c2c1. The predicted octanol–water partition coefficient (Wildman–Crippen LogP) is 2.12. The first-order valence-electron chi connectivity index (χ1n) is 7.23. The molecule has 0 saturated heterocycles. The molecule has 0 unspecified atom stereocenters. The van der Waals surface area contributed by atoms with Crippen LogP contribution in [0.5, 0.6) is 0 Å². The van der Waals surface area contributed by atoms with E-state index < -0.39 is 0 Å². The number of carbonyl (C=O) groups excluding carboxylic acids is 2. The molecule has 0 aliphatic rings. The number of carbonyl (C=O) groups is 2. The number of fused-ring (bicyclic) bond motifs is 3. The van der Waals surface area contributed by atoms with Crippen molar-refractivity contribution in [3.8, 4) is 0 Å². The van der Waals surface area contributed by atoms with Gasteiger partial charge in [0.15, 0.2) is 0 Å². The Balaban J connectivity index is 2.21. The highest BCUT2D eigenvalue weighted by Gasteiger charge is 2.14. The minimum Gasteiger partial charge on any atom is -0.353 e. The molecule has 0 radical (unpaired) electrons. The molecule has 0 fully saturated rings. The van der Waals surface area contributed by atoms with Gasteiger partial charge in [0.05, 0.1) is 11.7 Å². The van der Waals surface area contributed by atoms with Crippen LogP contribution in [0.1, 0.15) is 20.8 Å². The molecule has 6 nitrogen and oxygen atoms in total. The van der Waals surface area contributed by atoms with E-state index >= 15 is 0 Å². The molecule has 1 aromatic carbocycles. The van der Waals surface area contributed by atoms with Gasteiger partial charge in [-0.2, -0.15) is 0 Å². The lowest BCUT2D eigenvalue weighted by Crippen LogP contribution is -2.22. The van der Waals surface area contributed by atoms with E-state index in [-0.39, 0.29) is 11.8 Å². The third-order valence-electron chi connectivity index (χ3n) is 3.76. The number of aromatic nitrogens is 2. The quantitative estimate of drug-likeness (QED) is 0.788. The lowest BCUT2D eigenvalue weighted by molar-refractivity contribution is 0.0817. The van der Waals surface area contributed by atoms with E-state index in [1.54, 1.807) is 51.4 Å². The number of nitrogens with zero attached hydrogens (tertiary/aromatic N) is 3. The Morgan fingerprint density at radius 3 is 2.22 bits per heavy atom. The molecule has 6 heteroatoms. The summed E-state index contributed by atoms with van der Waals surface area (Å²) in [4.78, 5) is 34.8. The Labute approximate surface area is 133 Å². The van der Waals surface area contributed by atoms with Crippen molar-refractivity contribution in [2.24, 2.45) is 0 Å². The molecule has 0 bridgehead atoms. The number of nitrogens with one attached hydrogen (secondary N) is 1. The summed E-state index contributed by atoms with van der Waals surface area (Å²) in [6, 6.07) is 7.28. The van der Waals surface area contributed by atoms with E-state index in [9.17, 15) is 9.59 Å². The van der Waals surface area contributed by atoms with Crippen LogP contribution in [0.25, 0.3) is 21.8 Å². The standard InChI is InChI=1S/C17H18N4O2/c1-20(2)16(22)10-5-6-13-11(7-10)12-8-14(17(23)21(3)4)18-9-15(12)19-13/h5-9,19H,1-4H3. The molecule has 2 heterocycles.